The number of carbonyl (C=O) groups excluding carboxylic acids is 1. The number of nitrogens with one attached hydrogen (secondary N) is 2. The van der Waals surface area contributed by atoms with Crippen LogP contribution in [0.2, 0.25) is 0 Å². The van der Waals surface area contributed by atoms with E-state index in [4.69, 9.17) is 0 Å². The van der Waals surface area contributed by atoms with E-state index in [1.165, 1.54) is 0 Å². The van der Waals surface area contributed by atoms with E-state index in [1.54, 1.807) is 26.0 Å². The van der Waals surface area contributed by atoms with E-state index in [0.717, 1.165) is 37.0 Å². The Morgan fingerprint density at radius 3 is 2.24 bits per heavy atom. The molecule has 0 aromatic heterocycles. The van der Waals surface area contributed by atoms with Gasteiger partial charge in [-0.15, -0.1) is 0 Å². The van der Waals surface area contributed by atoms with Gasteiger partial charge in [0, 0.05) is 29.3 Å². The second kappa shape index (κ2) is 8.59. The molecule has 0 spiro atoms. The molecule has 1 amide bonds. The molecule has 2 aromatic carbocycles. The third-order valence-electron chi connectivity index (χ3n) is 5.17. The lowest BCUT2D eigenvalue weighted by Gasteiger charge is -2.23. The highest BCUT2D eigenvalue weighted by molar-refractivity contribution is 7.90. The topological polar surface area (TPSA) is 75.3 Å². The molecule has 29 heavy (non-hydrogen) atoms. The molecule has 5 nitrogen and oxygen atoms in total. The quantitative estimate of drug-likeness (QED) is 0.733. The first-order chi connectivity index (χ1) is 13.7. The van der Waals surface area contributed by atoms with Crippen molar-refractivity contribution in [1.82, 2.24) is 4.72 Å². The molecular formula is C21H24F2N2O3S. The fourth-order valence-corrected chi connectivity index (χ4v) is 4.53. The standard InChI is InChI=1S/C21H24F2N2O3S/c1-13(2)29(27,28)25-20-5-3-4-19(20)14-6-8-18(9-7-14)24-21(26)15-10-16(22)12-17(23)11-15/h6-13,19-20,25H,3-5H2,1-2H3,(H,24,26)/t19-,20-/m0/s1. The number of rotatable bonds is 6. The molecule has 2 atom stereocenters. The first kappa shape index (κ1) is 21.4. The minimum absolute atomic E-state index is 0.0607. The van der Waals surface area contributed by atoms with Crippen molar-refractivity contribution in [1.29, 1.82) is 0 Å². The lowest BCUT2D eigenvalue weighted by atomic mass is 9.94. The van der Waals surface area contributed by atoms with Crippen LogP contribution < -0.4 is 10.0 Å². The van der Waals surface area contributed by atoms with Crippen LogP contribution in [0.25, 0.3) is 0 Å². The Kier molecular flexibility index (Phi) is 6.33. The molecule has 3 rings (SSSR count). The highest BCUT2D eigenvalue weighted by Crippen LogP contribution is 2.35. The van der Waals surface area contributed by atoms with E-state index in [-0.39, 0.29) is 17.5 Å². The van der Waals surface area contributed by atoms with Crippen LogP contribution in [0.5, 0.6) is 0 Å². The molecule has 0 saturated heterocycles. The maximum Gasteiger partial charge on any atom is 0.255 e. The molecule has 8 heteroatoms. The maximum atomic E-state index is 13.3. The van der Waals surface area contributed by atoms with Gasteiger partial charge in [-0.05, 0) is 56.5 Å². The second-order valence-electron chi connectivity index (χ2n) is 7.59. The summed E-state index contributed by atoms with van der Waals surface area (Å²) in [6.07, 6.45) is 2.58. The summed E-state index contributed by atoms with van der Waals surface area (Å²) >= 11 is 0. The predicted octanol–water partition coefficient (Wildman–Crippen LogP) is 4.18. The lowest BCUT2D eigenvalue weighted by molar-refractivity contribution is 0.102. The molecule has 0 radical (unpaired) electrons. The number of amides is 1. The zero-order chi connectivity index (χ0) is 21.2. The van der Waals surface area contributed by atoms with E-state index in [2.05, 4.69) is 10.0 Å². The zero-order valence-electron chi connectivity index (χ0n) is 16.3. The summed E-state index contributed by atoms with van der Waals surface area (Å²) < 4.78 is 53.8. The average molecular weight is 422 g/mol. The summed E-state index contributed by atoms with van der Waals surface area (Å²) in [5.74, 6) is -2.19. The smallest absolute Gasteiger partial charge is 0.255 e. The zero-order valence-corrected chi connectivity index (χ0v) is 17.1. The minimum Gasteiger partial charge on any atom is -0.322 e. The van der Waals surface area contributed by atoms with Crippen LogP contribution in [0.4, 0.5) is 14.5 Å². The van der Waals surface area contributed by atoms with Crippen LogP contribution >= 0.6 is 0 Å². The van der Waals surface area contributed by atoms with E-state index < -0.39 is 32.8 Å². The maximum absolute atomic E-state index is 13.3. The molecule has 0 unspecified atom stereocenters. The lowest BCUT2D eigenvalue weighted by Crippen LogP contribution is -2.40. The summed E-state index contributed by atoms with van der Waals surface area (Å²) in [6, 6.07) is 9.58. The summed E-state index contributed by atoms with van der Waals surface area (Å²) in [6.45, 7) is 3.29. The molecule has 2 N–H and O–H groups in total. The number of benzene rings is 2. The highest BCUT2D eigenvalue weighted by atomic mass is 32.2. The largest absolute Gasteiger partial charge is 0.322 e. The molecule has 1 aliphatic rings. The molecule has 0 bridgehead atoms. The van der Waals surface area contributed by atoms with Crippen LogP contribution in [-0.4, -0.2) is 25.6 Å². The summed E-state index contributed by atoms with van der Waals surface area (Å²) in [5, 5.41) is 2.12. The van der Waals surface area contributed by atoms with Gasteiger partial charge < -0.3 is 5.32 Å². The van der Waals surface area contributed by atoms with Crippen molar-refractivity contribution in [3.63, 3.8) is 0 Å². The summed E-state index contributed by atoms with van der Waals surface area (Å²) in [4.78, 5) is 12.2. The van der Waals surface area contributed by atoms with E-state index in [0.29, 0.717) is 11.8 Å². The SMILES string of the molecule is CC(C)S(=O)(=O)N[C@H]1CCC[C@H]1c1ccc(NC(=O)c2cc(F)cc(F)c2)cc1. The second-order valence-corrected chi connectivity index (χ2v) is 9.86. The number of halogens is 2. The Labute approximate surface area is 169 Å². The van der Waals surface area contributed by atoms with Gasteiger partial charge in [0.25, 0.3) is 5.91 Å². The van der Waals surface area contributed by atoms with Crippen molar-refractivity contribution in [3.05, 3.63) is 65.2 Å². The molecule has 2 aromatic rings. The minimum atomic E-state index is -3.35. The molecule has 156 valence electrons. The Bertz CT molecular complexity index is 971. The average Bonchev–Trinajstić information content (AvgIpc) is 3.08. The van der Waals surface area contributed by atoms with E-state index >= 15 is 0 Å². The Hall–Kier alpha value is -2.32. The van der Waals surface area contributed by atoms with Crippen LogP contribution in [0.15, 0.2) is 42.5 Å². The van der Waals surface area contributed by atoms with Gasteiger partial charge in [-0.3, -0.25) is 4.79 Å². The number of carbonyl (C=O) groups is 1. The first-order valence-corrected chi connectivity index (χ1v) is 11.1. The van der Waals surface area contributed by atoms with Gasteiger partial charge in [0.2, 0.25) is 10.0 Å². The first-order valence-electron chi connectivity index (χ1n) is 9.54. The monoisotopic (exact) mass is 422 g/mol. The van der Waals surface area contributed by atoms with E-state index in [1.807, 2.05) is 12.1 Å². The Morgan fingerprint density at radius 1 is 1.03 bits per heavy atom. The van der Waals surface area contributed by atoms with Crippen molar-refractivity contribution in [2.75, 3.05) is 5.32 Å². The molecular weight excluding hydrogens is 398 g/mol. The van der Waals surface area contributed by atoms with Crippen molar-refractivity contribution in [2.24, 2.45) is 0 Å². The van der Waals surface area contributed by atoms with Gasteiger partial charge in [-0.1, -0.05) is 18.6 Å². The van der Waals surface area contributed by atoms with Crippen LogP contribution in [0.3, 0.4) is 0 Å². The van der Waals surface area contributed by atoms with Crippen LogP contribution in [0, 0.1) is 11.6 Å². The van der Waals surface area contributed by atoms with Gasteiger partial charge in [0.15, 0.2) is 0 Å². The molecule has 1 saturated carbocycles. The number of anilines is 1. The highest BCUT2D eigenvalue weighted by Gasteiger charge is 2.32. The fraction of sp³-hybridized carbons (Fsp3) is 0.381. The third-order valence-corrected chi connectivity index (χ3v) is 7.05. The summed E-state index contributed by atoms with van der Waals surface area (Å²) in [7, 11) is -3.35. The Morgan fingerprint density at radius 2 is 1.66 bits per heavy atom. The fourth-order valence-electron chi connectivity index (χ4n) is 3.55. The normalized spacial score (nSPS) is 19.5. The number of hydrogen-bond donors (Lipinski definition) is 2. The van der Waals surface area contributed by atoms with Crippen molar-refractivity contribution < 1.29 is 22.0 Å². The molecule has 1 fully saturated rings. The number of sulfonamides is 1. The van der Waals surface area contributed by atoms with Gasteiger partial charge in [-0.2, -0.15) is 0 Å². The van der Waals surface area contributed by atoms with Crippen molar-refractivity contribution in [3.8, 4) is 0 Å². The Balaban J connectivity index is 1.70. The van der Waals surface area contributed by atoms with Crippen LogP contribution in [0.1, 0.15) is 54.9 Å². The van der Waals surface area contributed by atoms with Crippen LogP contribution in [-0.2, 0) is 10.0 Å². The van der Waals surface area contributed by atoms with Crippen molar-refractivity contribution >= 4 is 21.6 Å². The molecule has 0 aliphatic heterocycles. The van der Waals surface area contributed by atoms with Gasteiger partial charge >= 0.3 is 0 Å². The molecule has 1 aliphatic carbocycles. The van der Waals surface area contributed by atoms with Gasteiger partial charge in [-0.25, -0.2) is 21.9 Å². The predicted molar refractivity (Wildman–Crippen MR) is 108 cm³/mol. The molecule has 0 heterocycles. The van der Waals surface area contributed by atoms with E-state index in [9.17, 15) is 22.0 Å². The van der Waals surface area contributed by atoms with Gasteiger partial charge in [0.05, 0.1) is 5.25 Å². The van der Waals surface area contributed by atoms with Crippen molar-refractivity contribution in [2.45, 2.75) is 50.3 Å². The summed E-state index contributed by atoms with van der Waals surface area (Å²) in [5.41, 5.74) is 1.36. The number of hydrogen-bond acceptors (Lipinski definition) is 3. The third kappa shape index (κ3) is 5.19. The van der Waals surface area contributed by atoms with Gasteiger partial charge in [0.1, 0.15) is 11.6 Å².